The van der Waals surface area contributed by atoms with Crippen LogP contribution in [0.5, 0.6) is 5.75 Å². The fourth-order valence-electron chi connectivity index (χ4n) is 3.97. The standard InChI is InChI=1S/C23H28N4O2S/c1-4-19(25-23(28)24-16-8-7-9-17(14-16)29-3)21-18-10-13-26(2)15-20(18)30-22(21)27-11-5-6-12-27/h5-9,11-12,14,19H,4,10,13,15H2,1-3H3,(H2,24,25,28)/t19-/m1/s1. The number of thiophene rings is 1. The maximum atomic E-state index is 12.8. The molecule has 1 aliphatic rings. The SMILES string of the molecule is CC[C@@H](NC(=O)Nc1cccc(OC)c1)c1c(-n2cccc2)sc2c1CCN(C)C2. The summed E-state index contributed by atoms with van der Waals surface area (Å²) in [6, 6.07) is 11.2. The van der Waals surface area contributed by atoms with Crippen LogP contribution < -0.4 is 15.4 Å². The van der Waals surface area contributed by atoms with Crippen LogP contribution in [0, 0.1) is 0 Å². The maximum Gasteiger partial charge on any atom is 0.319 e. The minimum atomic E-state index is -0.207. The molecule has 0 spiro atoms. The molecule has 0 aliphatic carbocycles. The number of hydrogen-bond donors (Lipinski definition) is 2. The van der Waals surface area contributed by atoms with Crippen LogP contribution in [-0.2, 0) is 13.0 Å². The molecule has 1 atom stereocenters. The smallest absolute Gasteiger partial charge is 0.319 e. The van der Waals surface area contributed by atoms with Gasteiger partial charge >= 0.3 is 6.03 Å². The van der Waals surface area contributed by atoms with E-state index in [2.05, 4.69) is 46.5 Å². The van der Waals surface area contributed by atoms with Crippen molar-refractivity contribution in [1.82, 2.24) is 14.8 Å². The predicted molar refractivity (Wildman–Crippen MR) is 122 cm³/mol. The molecule has 1 aliphatic heterocycles. The lowest BCUT2D eigenvalue weighted by atomic mass is 9.96. The topological polar surface area (TPSA) is 58.5 Å². The number of urea groups is 1. The Kier molecular flexibility index (Phi) is 6.11. The van der Waals surface area contributed by atoms with Crippen LogP contribution >= 0.6 is 11.3 Å². The molecule has 0 radical (unpaired) electrons. The summed E-state index contributed by atoms with van der Waals surface area (Å²) in [6.07, 6.45) is 5.98. The highest BCUT2D eigenvalue weighted by molar-refractivity contribution is 7.15. The quantitative estimate of drug-likeness (QED) is 0.597. The van der Waals surface area contributed by atoms with E-state index >= 15 is 0 Å². The molecule has 2 aromatic heterocycles. The highest BCUT2D eigenvalue weighted by Gasteiger charge is 2.28. The second kappa shape index (κ2) is 8.93. The summed E-state index contributed by atoms with van der Waals surface area (Å²) in [5.41, 5.74) is 3.36. The average molecular weight is 425 g/mol. The molecule has 158 valence electrons. The molecule has 3 heterocycles. The van der Waals surface area contributed by atoms with E-state index in [4.69, 9.17) is 4.74 Å². The molecule has 0 bridgehead atoms. The Balaban J connectivity index is 1.61. The van der Waals surface area contributed by atoms with Crippen molar-refractivity contribution in [2.75, 3.05) is 26.0 Å². The van der Waals surface area contributed by atoms with Gasteiger partial charge in [0, 0.05) is 47.7 Å². The van der Waals surface area contributed by atoms with E-state index in [0.29, 0.717) is 11.4 Å². The van der Waals surface area contributed by atoms with Crippen molar-refractivity contribution in [1.29, 1.82) is 0 Å². The van der Waals surface area contributed by atoms with Gasteiger partial charge in [-0.1, -0.05) is 13.0 Å². The molecule has 7 heteroatoms. The molecule has 0 fully saturated rings. The van der Waals surface area contributed by atoms with Gasteiger partial charge in [-0.15, -0.1) is 11.3 Å². The van der Waals surface area contributed by atoms with E-state index in [0.717, 1.165) is 25.9 Å². The number of anilines is 1. The van der Waals surface area contributed by atoms with Crippen molar-refractivity contribution in [3.63, 3.8) is 0 Å². The number of amides is 2. The lowest BCUT2D eigenvalue weighted by Gasteiger charge is -2.25. The van der Waals surface area contributed by atoms with Crippen molar-refractivity contribution in [3.05, 3.63) is 64.8 Å². The first-order valence-electron chi connectivity index (χ1n) is 10.3. The first-order chi connectivity index (χ1) is 14.6. The highest BCUT2D eigenvalue weighted by atomic mass is 32.1. The molecule has 2 N–H and O–H groups in total. The molecule has 2 amide bonds. The van der Waals surface area contributed by atoms with E-state index < -0.39 is 0 Å². The van der Waals surface area contributed by atoms with E-state index in [1.165, 1.54) is 21.0 Å². The zero-order valence-corrected chi connectivity index (χ0v) is 18.5. The Morgan fingerprint density at radius 2 is 2.07 bits per heavy atom. The Labute approximate surface area is 181 Å². The second-order valence-corrected chi connectivity index (χ2v) is 8.68. The third kappa shape index (κ3) is 4.22. The number of methoxy groups -OCH3 is 1. The molecular formula is C23H28N4O2S. The number of fused-ring (bicyclic) bond motifs is 1. The van der Waals surface area contributed by atoms with Crippen molar-refractivity contribution < 1.29 is 9.53 Å². The van der Waals surface area contributed by atoms with Gasteiger partial charge in [0.1, 0.15) is 10.8 Å². The summed E-state index contributed by atoms with van der Waals surface area (Å²) in [5, 5.41) is 7.35. The third-order valence-corrected chi connectivity index (χ3v) is 6.74. The summed E-state index contributed by atoms with van der Waals surface area (Å²) in [7, 11) is 3.78. The minimum absolute atomic E-state index is 0.0589. The van der Waals surface area contributed by atoms with Gasteiger partial charge in [0.25, 0.3) is 0 Å². The molecule has 1 aromatic carbocycles. The Morgan fingerprint density at radius 1 is 1.27 bits per heavy atom. The lowest BCUT2D eigenvalue weighted by molar-refractivity contribution is 0.248. The van der Waals surface area contributed by atoms with Crippen LogP contribution in [-0.4, -0.2) is 36.2 Å². The number of benzene rings is 1. The molecule has 30 heavy (non-hydrogen) atoms. The minimum Gasteiger partial charge on any atom is -0.497 e. The number of hydrogen-bond acceptors (Lipinski definition) is 4. The van der Waals surface area contributed by atoms with Crippen LogP contribution in [0.25, 0.3) is 5.00 Å². The van der Waals surface area contributed by atoms with Crippen LogP contribution in [0.2, 0.25) is 0 Å². The molecule has 0 unspecified atom stereocenters. The number of likely N-dealkylation sites (N-methyl/N-ethyl adjacent to an activating group) is 1. The van der Waals surface area contributed by atoms with E-state index in [-0.39, 0.29) is 12.1 Å². The van der Waals surface area contributed by atoms with Gasteiger partial charge in [-0.3, -0.25) is 0 Å². The number of carbonyl (C=O) groups is 1. The van der Waals surface area contributed by atoms with E-state index in [1.54, 1.807) is 7.11 Å². The van der Waals surface area contributed by atoms with E-state index in [9.17, 15) is 4.79 Å². The average Bonchev–Trinajstić information content (AvgIpc) is 3.39. The fraction of sp³-hybridized carbons (Fsp3) is 0.348. The van der Waals surface area contributed by atoms with Gasteiger partial charge in [0.15, 0.2) is 0 Å². The third-order valence-electron chi connectivity index (χ3n) is 5.50. The van der Waals surface area contributed by atoms with E-state index in [1.807, 2.05) is 47.7 Å². The first kappa shape index (κ1) is 20.5. The Morgan fingerprint density at radius 3 is 2.80 bits per heavy atom. The van der Waals surface area contributed by atoms with Gasteiger partial charge in [-0.25, -0.2) is 4.79 Å². The van der Waals surface area contributed by atoms with Gasteiger partial charge in [0.05, 0.1) is 13.2 Å². The van der Waals surface area contributed by atoms with Gasteiger partial charge < -0.3 is 24.8 Å². The number of aromatic nitrogens is 1. The Hall–Kier alpha value is -2.77. The second-order valence-electron chi connectivity index (χ2n) is 7.59. The van der Waals surface area contributed by atoms with Crippen LogP contribution in [0.1, 0.15) is 35.4 Å². The summed E-state index contributed by atoms with van der Waals surface area (Å²) in [4.78, 5) is 16.6. The number of nitrogens with one attached hydrogen (secondary N) is 2. The molecule has 0 saturated carbocycles. The van der Waals surface area contributed by atoms with Crippen LogP contribution in [0.3, 0.4) is 0 Å². The predicted octanol–water partition coefficient (Wildman–Crippen LogP) is 4.81. The van der Waals surface area contributed by atoms with Gasteiger partial charge in [0.2, 0.25) is 0 Å². The zero-order chi connectivity index (χ0) is 21.1. The highest BCUT2D eigenvalue weighted by Crippen LogP contribution is 2.40. The van der Waals surface area contributed by atoms with Crippen molar-refractivity contribution in [3.8, 4) is 10.8 Å². The normalized spacial score (nSPS) is 14.8. The van der Waals surface area contributed by atoms with Crippen LogP contribution in [0.15, 0.2) is 48.8 Å². The molecule has 3 aromatic rings. The van der Waals surface area contributed by atoms with Crippen molar-refractivity contribution in [2.24, 2.45) is 0 Å². The largest absolute Gasteiger partial charge is 0.497 e. The fourth-order valence-corrected chi connectivity index (χ4v) is 5.42. The lowest BCUT2D eigenvalue weighted by Crippen LogP contribution is -2.34. The summed E-state index contributed by atoms with van der Waals surface area (Å²) in [6.45, 7) is 4.12. The first-order valence-corrected chi connectivity index (χ1v) is 11.1. The molecule has 6 nitrogen and oxygen atoms in total. The number of ether oxygens (including phenoxy) is 1. The summed E-state index contributed by atoms with van der Waals surface area (Å²) < 4.78 is 7.42. The van der Waals surface area contributed by atoms with Crippen LogP contribution in [0.4, 0.5) is 10.5 Å². The summed E-state index contributed by atoms with van der Waals surface area (Å²) in [5.74, 6) is 0.714. The number of rotatable bonds is 6. The molecule has 0 saturated heterocycles. The summed E-state index contributed by atoms with van der Waals surface area (Å²) >= 11 is 1.84. The van der Waals surface area contributed by atoms with Crippen molar-refractivity contribution >= 4 is 23.1 Å². The van der Waals surface area contributed by atoms with Gasteiger partial charge in [-0.2, -0.15) is 0 Å². The van der Waals surface area contributed by atoms with Gasteiger partial charge in [-0.05, 0) is 49.7 Å². The number of carbonyl (C=O) groups excluding carboxylic acids is 1. The zero-order valence-electron chi connectivity index (χ0n) is 17.6. The molecular weight excluding hydrogens is 396 g/mol. The number of nitrogens with zero attached hydrogens (tertiary/aromatic N) is 2. The Bertz CT molecular complexity index is 1010. The van der Waals surface area contributed by atoms with Crippen molar-refractivity contribution in [2.45, 2.75) is 32.4 Å². The monoisotopic (exact) mass is 424 g/mol. The maximum absolute atomic E-state index is 12.8. The molecule has 4 rings (SSSR count).